The van der Waals surface area contributed by atoms with Gasteiger partial charge in [-0.2, -0.15) is 0 Å². The molecule has 234 valence electrons. The fraction of sp³-hybridized carbons (Fsp3) is 0. The molecule has 3 heterocycles. The van der Waals surface area contributed by atoms with Crippen molar-refractivity contribution in [2.45, 2.75) is 0 Å². The summed E-state index contributed by atoms with van der Waals surface area (Å²) >= 11 is 0. The van der Waals surface area contributed by atoms with Crippen LogP contribution in [-0.2, 0) is 0 Å². The lowest BCUT2D eigenvalue weighted by molar-refractivity contribution is 0.668. The molecular formula is C45H27N3O2. The van der Waals surface area contributed by atoms with Gasteiger partial charge in [-0.1, -0.05) is 127 Å². The van der Waals surface area contributed by atoms with Gasteiger partial charge < -0.3 is 8.83 Å². The Kier molecular flexibility index (Phi) is 6.42. The van der Waals surface area contributed by atoms with E-state index in [4.69, 9.17) is 23.8 Å². The lowest BCUT2D eigenvalue weighted by atomic mass is 9.99. The summed E-state index contributed by atoms with van der Waals surface area (Å²) in [6.07, 6.45) is 0. The summed E-state index contributed by atoms with van der Waals surface area (Å²) in [7, 11) is 0. The Labute approximate surface area is 287 Å². The van der Waals surface area contributed by atoms with E-state index in [0.717, 1.165) is 77.3 Å². The van der Waals surface area contributed by atoms with E-state index in [1.807, 2.05) is 78.9 Å². The van der Waals surface area contributed by atoms with Crippen molar-refractivity contribution in [3.05, 3.63) is 164 Å². The summed E-state index contributed by atoms with van der Waals surface area (Å²) in [6, 6.07) is 55.8. The summed E-state index contributed by atoms with van der Waals surface area (Å²) in [5.74, 6) is 1.84. The standard InChI is InChI=1S/C45H27N3O2/c1-4-11-28(12-5-1)31-19-22-35-37-18-10-17-34(42(37)50-41(35)26-31)32-21-24-39-38(25-32)36-23-20-33(27-40(36)49-39)45-47-43(29-13-6-2-7-14-29)46-44(48-45)30-15-8-3-9-16-30/h1-27H. The van der Waals surface area contributed by atoms with E-state index in [9.17, 15) is 0 Å². The third-order valence-electron chi connectivity index (χ3n) is 9.35. The van der Waals surface area contributed by atoms with E-state index in [2.05, 4.69) is 84.9 Å². The third kappa shape index (κ3) is 4.75. The van der Waals surface area contributed by atoms with Crippen molar-refractivity contribution < 1.29 is 8.83 Å². The molecule has 10 rings (SSSR count). The molecule has 0 saturated carbocycles. The van der Waals surface area contributed by atoms with E-state index in [0.29, 0.717) is 17.5 Å². The number of furan rings is 2. The molecule has 0 fully saturated rings. The smallest absolute Gasteiger partial charge is 0.164 e. The molecule has 0 N–H and O–H groups in total. The highest BCUT2D eigenvalue weighted by atomic mass is 16.3. The van der Waals surface area contributed by atoms with Gasteiger partial charge in [-0.05, 0) is 53.1 Å². The maximum Gasteiger partial charge on any atom is 0.164 e. The van der Waals surface area contributed by atoms with Crippen LogP contribution in [0.4, 0.5) is 0 Å². The molecule has 0 radical (unpaired) electrons. The maximum atomic E-state index is 6.59. The molecular weight excluding hydrogens is 615 g/mol. The molecule has 50 heavy (non-hydrogen) atoms. The SMILES string of the molecule is c1ccc(-c2ccc3c(c2)oc2c(-c4ccc5oc6cc(-c7nc(-c8ccccc8)nc(-c8ccccc8)n7)ccc6c5c4)cccc23)cc1. The second-order valence-electron chi connectivity index (χ2n) is 12.4. The quantitative estimate of drug-likeness (QED) is 0.187. The summed E-state index contributed by atoms with van der Waals surface area (Å²) < 4.78 is 13.0. The molecule has 0 aliphatic heterocycles. The van der Waals surface area contributed by atoms with E-state index < -0.39 is 0 Å². The number of rotatable bonds is 5. The minimum atomic E-state index is 0.590. The number of hydrogen-bond acceptors (Lipinski definition) is 5. The van der Waals surface area contributed by atoms with Crippen LogP contribution in [0.5, 0.6) is 0 Å². The molecule has 0 unspecified atom stereocenters. The molecule has 5 heteroatoms. The fourth-order valence-electron chi connectivity index (χ4n) is 6.86. The lowest BCUT2D eigenvalue weighted by Crippen LogP contribution is -2.00. The first-order valence-electron chi connectivity index (χ1n) is 16.6. The van der Waals surface area contributed by atoms with Crippen molar-refractivity contribution in [1.82, 2.24) is 15.0 Å². The van der Waals surface area contributed by atoms with Gasteiger partial charge in [0.05, 0.1) is 0 Å². The van der Waals surface area contributed by atoms with E-state index in [1.54, 1.807) is 0 Å². The number of aromatic nitrogens is 3. The highest BCUT2D eigenvalue weighted by Crippen LogP contribution is 2.40. The Hall–Kier alpha value is -6.85. The lowest BCUT2D eigenvalue weighted by Gasteiger charge is -2.08. The summed E-state index contributed by atoms with van der Waals surface area (Å²) in [5, 5.41) is 4.26. The number of nitrogens with zero attached hydrogens (tertiary/aromatic N) is 3. The number of hydrogen-bond donors (Lipinski definition) is 0. The molecule has 0 bridgehead atoms. The molecule has 0 spiro atoms. The van der Waals surface area contributed by atoms with Crippen LogP contribution >= 0.6 is 0 Å². The first kappa shape index (κ1) is 28.2. The molecule has 0 aliphatic carbocycles. The van der Waals surface area contributed by atoms with Gasteiger partial charge >= 0.3 is 0 Å². The van der Waals surface area contributed by atoms with Crippen LogP contribution in [0.25, 0.3) is 100 Å². The highest BCUT2D eigenvalue weighted by Gasteiger charge is 2.17. The largest absolute Gasteiger partial charge is 0.456 e. The van der Waals surface area contributed by atoms with Crippen molar-refractivity contribution >= 4 is 43.9 Å². The Morgan fingerprint density at radius 2 is 0.840 bits per heavy atom. The van der Waals surface area contributed by atoms with E-state index in [1.165, 1.54) is 5.56 Å². The topological polar surface area (TPSA) is 65.0 Å². The second-order valence-corrected chi connectivity index (χ2v) is 12.4. The van der Waals surface area contributed by atoms with Crippen molar-refractivity contribution in [1.29, 1.82) is 0 Å². The van der Waals surface area contributed by atoms with Crippen LogP contribution in [0.15, 0.2) is 173 Å². The van der Waals surface area contributed by atoms with Crippen molar-refractivity contribution in [2.75, 3.05) is 0 Å². The predicted molar refractivity (Wildman–Crippen MR) is 202 cm³/mol. The Morgan fingerprint density at radius 1 is 0.300 bits per heavy atom. The van der Waals surface area contributed by atoms with Gasteiger partial charge in [0.2, 0.25) is 0 Å². The molecule has 5 nitrogen and oxygen atoms in total. The first-order chi connectivity index (χ1) is 24.7. The van der Waals surface area contributed by atoms with Gasteiger partial charge in [0.1, 0.15) is 22.3 Å². The van der Waals surface area contributed by atoms with E-state index in [-0.39, 0.29) is 0 Å². The number of benzene rings is 7. The van der Waals surface area contributed by atoms with Crippen LogP contribution in [0.2, 0.25) is 0 Å². The monoisotopic (exact) mass is 641 g/mol. The van der Waals surface area contributed by atoms with Crippen LogP contribution in [-0.4, -0.2) is 15.0 Å². The van der Waals surface area contributed by atoms with Crippen LogP contribution in [0.3, 0.4) is 0 Å². The maximum absolute atomic E-state index is 6.59. The zero-order chi connectivity index (χ0) is 33.0. The van der Waals surface area contributed by atoms with Crippen LogP contribution in [0, 0.1) is 0 Å². The summed E-state index contributed by atoms with van der Waals surface area (Å²) in [6.45, 7) is 0. The van der Waals surface area contributed by atoms with Gasteiger partial charge in [0, 0.05) is 43.8 Å². The molecule has 7 aromatic carbocycles. The number of fused-ring (bicyclic) bond motifs is 6. The molecule has 3 aromatic heterocycles. The number of para-hydroxylation sites is 1. The molecule has 10 aromatic rings. The zero-order valence-electron chi connectivity index (χ0n) is 26.7. The van der Waals surface area contributed by atoms with Gasteiger partial charge in [-0.3, -0.25) is 0 Å². The minimum Gasteiger partial charge on any atom is -0.456 e. The average Bonchev–Trinajstić information content (AvgIpc) is 3.76. The molecule has 0 aliphatic rings. The van der Waals surface area contributed by atoms with Gasteiger partial charge in [-0.15, -0.1) is 0 Å². The van der Waals surface area contributed by atoms with Crippen LogP contribution in [0.1, 0.15) is 0 Å². The Bertz CT molecular complexity index is 2800. The van der Waals surface area contributed by atoms with Gasteiger partial charge in [-0.25, -0.2) is 15.0 Å². The van der Waals surface area contributed by atoms with Gasteiger partial charge in [0.15, 0.2) is 17.5 Å². The Balaban J connectivity index is 1.07. The molecule has 0 saturated heterocycles. The van der Waals surface area contributed by atoms with Crippen molar-refractivity contribution in [3.63, 3.8) is 0 Å². The van der Waals surface area contributed by atoms with Crippen molar-refractivity contribution in [3.8, 4) is 56.4 Å². The van der Waals surface area contributed by atoms with E-state index >= 15 is 0 Å². The zero-order valence-corrected chi connectivity index (χ0v) is 26.7. The normalized spacial score (nSPS) is 11.6. The second kappa shape index (κ2) is 11.4. The molecule has 0 atom stereocenters. The fourth-order valence-corrected chi connectivity index (χ4v) is 6.86. The van der Waals surface area contributed by atoms with Gasteiger partial charge in [0.25, 0.3) is 0 Å². The summed E-state index contributed by atoms with van der Waals surface area (Å²) in [5.41, 5.74) is 10.5. The first-order valence-corrected chi connectivity index (χ1v) is 16.6. The minimum absolute atomic E-state index is 0.590. The highest BCUT2D eigenvalue weighted by molar-refractivity contribution is 6.12. The average molecular weight is 642 g/mol. The summed E-state index contributed by atoms with van der Waals surface area (Å²) in [4.78, 5) is 14.7. The predicted octanol–water partition coefficient (Wildman–Crippen LogP) is 12.0. The third-order valence-corrected chi connectivity index (χ3v) is 9.35. The molecule has 0 amide bonds. The Morgan fingerprint density at radius 3 is 1.52 bits per heavy atom. The van der Waals surface area contributed by atoms with Crippen molar-refractivity contribution in [2.24, 2.45) is 0 Å². The van der Waals surface area contributed by atoms with Crippen LogP contribution < -0.4 is 0 Å².